The molecule has 2 amide bonds. The summed E-state index contributed by atoms with van der Waals surface area (Å²) in [6.45, 7) is 1.29. The Labute approximate surface area is 173 Å². The highest BCUT2D eigenvalue weighted by Gasteiger charge is 2.33. The van der Waals surface area contributed by atoms with Gasteiger partial charge in [-0.1, -0.05) is 29.3 Å². The lowest BCUT2D eigenvalue weighted by Gasteiger charge is -2.37. The van der Waals surface area contributed by atoms with E-state index in [4.69, 9.17) is 27.9 Å². The number of carbonyl (C=O) groups is 1. The zero-order valence-corrected chi connectivity index (χ0v) is 16.7. The molecule has 28 heavy (non-hydrogen) atoms. The number of aromatic nitrogens is 1. The number of nitrogens with one attached hydrogen (secondary N) is 1. The number of anilines is 1. The smallest absolute Gasteiger partial charge is 0.322 e. The SMILES string of the molecule is COc1ccc(NC(=O)N2CCn3cccc3[C@H]2c2ccc(Cl)cc2Cl)cc1. The van der Waals surface area contributed by atoms with Crippen LogP contribution in [0, 0.1) is 0 Å². The van der Waals surface area contributed by atoms with Crippen molar-refractivity contribution in [1.82, 2.24) is 9.47 Å². The summed E-state index contributed by atoms with van der Waals surface area (Å²) in [7, 11) is 1.61. The van der Waals surface area contributed by atoms with Gasteiger partial charge in [-0.15, -0.1) is 0 Å². The van der Waals surface area contributed by atoms with Crippen LogP contribution in [0.2, 0.25) is 10.0 Å². The highest BCUT2D eigenvalue weighted by Crippen LogP contribution is 2.37. The number of hydrogen-bond acceptors (Lipinski definition) is 2. The Morgan fingerprint density at radius 3 is 2.61 bits per heavy atom. The number of nitrogens with zero attached hydrogens (tertiary/aromatic N) is 2. The molecule has 0 saturated heterocycles. The first-order valence-corrected chi connectivity index (χ1v) is 9.64. The van der Waals surface area contributed by atoms with E-state index in [2.05, 4.69) is 9.88 Å². The Morgan fingerprint density at radius 1 is 1.11 bits per heavy atom. The number of methoxy groups -OCH3 is 1. The zero-order chi connectivity index (χ0) is 19.7. The van der Waals surface area contributed by atoms with Crippen molar-refractivity contribution < 1.29 is 9.53 Å². The molecule has 0 spiro atoms. The Kier molecular flexibility index (Phi) is 5.20. The average Bonchev–Trinajstić information content (AvgIpc) is 3.17. The van der Waals surface area contributed by atoms with Gasteiger partial charge in [-0.05, 0) is 54.1 Å². The third kappa shape index (κ3) is 3.55. The lowest BCUT2D eigenvalue weighted by atomic mass is 10.00. The van der Waals surface area contributed by atoms with Gasteiger partial charge < -0.3 is 19.5 Å². The van der Waals surface area contributed by atoms with Crippen LogP contribution < -0.4 is 10.1 Å². The van der Waals surface area contributed by atoms with E-state index < -0.39 is 0 Å². The van der Waals surface area contributed by atoms with Crippen LogP contribution in [0.1, 0.15) is 17.3 Å². The predicted octanol–water partition coefficient (Wildman–Crippen LogP) is 5.44. The molecule has 0 radical (unpaired) electrons. The van der Waals surface area contributed by atoms with E-state index in [9.17, 15) is 4.79 Å². The van der Waals surface area contributed by atoms with E-state index in [1.807, 2.05) is 48.7 Å². The molecule has 2 heterocycles. The summed E-state index contributed by atoms with van der Waals surface area (Å²) in [5.74, 6) is 0.736. The minimum Gasteiger partial charge on any atom is -0.497 e. The van der Waals surface area contributed by atoms with Crippen LogP contribution in [-0.2, 0) is 6.54 Å². The van der Waals surface area contributed by atoms with Crippen LogP contribution in [0.3, 0.4) is 0 Å². The molecule has 0 saturated carbocycles. The van der Waals surface area contributed by atoms with Gasteiger partial charge >= 0.3 is 6.03 Å². The zero-order valence-electron chi connectivity index (χ0n) is 15.2. The quantitative estimate of drug-likeness (QED) is 0.618. The van der Waals surface area contributed by atoms with Crippen LogP contribution in [0.25, 0.3) is 0 Å². The molecule has 2 aromatic carbocycles. The summed E-state index contributed by atoms with van der Waals surface area (Å²) in [6.07, 6.45) is 2.02. The van der Waals surface area contributed by atoms with E-state index in [1.165, 1.54) is 0 Å². The van der Waals surface area contributed by atoms with Gasteiger partial charge in [0.1, 0.15) is 11.8 Å². The summed E-state index contributed by atoms with van der Waals surface area (Å²) in [4.78, 5) is 14.9. The van der Waals surface area contributed by atoms with Crippen LogP contribution in [0.15, 0.2) is 60.8 Å². The molecular weight excluding hydrogens is 397 g/mol. The van der Waals surface area contributed by atoms with Gasteiger partial charge in [0, 0.05) is 40.7 Å². The summed E-state index contributed by atoms with van der Waals surface area (Å²) in [5.41, 5.74) is 2.56. The molecule has 4 rings (SSSR count). The summed E-state index contributed by atoms with van der Waals surface area (Å²) < 4.78 is 7.31. The fourth-order valence-electron chi connectivity index (χ4n) is 3.52. The Morgan fingerprint density at radius 2 is 1.89 bits per heavy atom. The number of rotatable bonds is 3. The van der Waals surface area contributed by atoms with E-state index in [-0.39, 0.29) is 12.1 Å². The van der Waals surface area contributed by atoms with Gasteiger partial charge in [0.2, 0.25) is 0 Å². The standard InChI is InChI=1S/C21H19Cl2N3O2/c1-28-16-7-5-15(6-8-16)24-21(27)26-12-11-25-10-2-3-19(25)20(26)17-9-4-14(22)13-18(17)23/h2-10,13,20H,11-12H2,1H3,(H,24,27)/t20-/m1/s1. The van der Waals surface area contributed by atoms with Gasteiger partial charge in [-0.3, -0.25) is 0 Å². The number of amides is 2. The molecule has 0 unspecified atom stereocenters. The second-order valence-corrected chi connectivity index (χ2v) is 7.39. The fraction of sp³-hybridized carbons (Fsp3) is 0.190. The molecule has 1 aliphatic rings. The van der Waals surface area contributed by atoms with Crippen LogP contribution in [0.4, 0.5) is 10.5 Å². The summed E-state index contributed by atoms with van der Waals surface area (Å²) in [5, 5.41) is 4.07. The van der Waals surface area contributed by atoms with Crippen molar-refractivity contribution >= 4 is 34.9 Å². The number of benzene rings is 2. The molecule has 0 bridgehead atoms. The van der Waals surface area contributed by atoms with Gasteiger partial charge in [0.25, 0.3) is 0 Å². The maximum absolute atomic E-state index is 13.1. The molecule has 5 nitrogen and oxygen atoms in total. The number of hydrogen-bond donors (Lipinski definition) is 1. The van der Waals surface area contributed by atoms with Gasteiger partial charge in [0.15, 0.2) is 0 Å². The third-order valence-electron chi connectivity index (χ3n) is 4.90. The lowest BCUT2D eigenvalue weighted by Crippen LogP contribution is -2.44. The maximum Gasteiger partial charge on any atom is 0.322 e. The Hall–Kier alpha value is -2.63. The molecule has 0 aliphatic carbocycles. The van der Waals surface area contributed by atoms with Crippen molar-refractivity contribution in [2.24, 2.45) is 0 Å². The van der Waals surface area contributed by atoms with Crippen LogP contribution in [-0.4, -0.2) is 29.2 Å². The molecule has 3 aromatic rings. The Balaban J connectivity index is 1.67. The second kappa shape index (κ2) is 7.78. The first kappa shape index (κ1) is 18.7. The molecule has 1 atom stereocenters. The topological polar surface area (TPSA) is 46.5 Å². The number of urea groups is 1. The monoisotopic (exact) mass is 415 g/mol. The molecule has 144 valence electrons. The highest BCUT2D eigenvalue weighted by molar-refractivity contribution is 6.35. The lowest BCUT2D eigenvalue weighted by molar-refractivity contribution is 0.182. The minimum absolute atomic E-state index is 0.186. The normalized spacial score (nSPS) is 15.8. The van der Waals surface area contributed by atoms with Crippen molar-refractivity contribution in [2.45, 2.75) is 12.6 Å². The average molecular weight is 416 g/mol. The minimum atomic E-state index is -0.299. The number of carbonyl (C=O) groups excluding carboxylic acids is 1. The number of ether oxygens (including phenoxy) is 1. The van der Waals surface area contributed by atoms with Crippen molar-refractivity contribution in [2.75, 3.05) is 19.0 Å². The highest BCUT2D eigenvalue weighted by atomic mass is 35.5. The van der Waals surface area contributed by atoms with E-state index in [0.29, 0.717) is 22.3 Å². The van der Waals surface area contributed by atoms with E-state index >= 15 is 0 Å². The molecular formula is C21H19Cl2N3O2. The van der Waals surface area contributed by atoms with Gasteiger partial charge in [-0.25, -0.2) is 4.79 Å². The predicted molar refractivity (Wildman–Crippen MR) is 111 cm³/mol. The van der Waals surface area contributed by atoms with Crippen molar-refractivity contribution in [3.8, 4) is 5.75 Å². The molecule has 7 heteroatoms. The van der Waals surface area contributed by atoms with Crippen LogP contribution in [0.5, 0.6) is 5.75 Å². The third-order valence-corrected chi connectivity index (χ3v) is 5.46. The molecule has 0 fully saturated rings. The largest absolute Gasteiger partial charge is 0.497 e. The maximum atomic E-state index is 13.1. The van der Waals surface area contributed by atoms with E-state index in [1.54, 1.807) is 24.1 Å². The first-order chi connectivity index (χ1) is 13.6. The molecule has 1 N–H and O–H groups in total. The summed E-state index contributed by atoms with van der Waals surface area (Å²) >= 11 is 12.6. The summed E-state index contributed by atoms with van der Waals surface area (Å²) in [6, 6.07) is 16.1. The molecule has 1 aliphatic heterocycles. The van der Waals surface area contributed by atoms with Crippen molar-refractivity contribution in [3.63, 3.8) is 0 Å². The van der Waals surface area contributed by atoms with Gasteiger partial charge in [-0.2, -0.15) is 0 Å². The van der Waals surface area contributed by atoms with Crippen molar-refractivity contribution in [3.05, 3.63) is 82.1 Å². The second-order valence-electron chi connectivity index (χ2n) is 6.55. The van der Waals surface area contributed by atoms with E-state index in [0.717, 1.165) is 23.6 Å². The fourth-order valence-corrected chi connectivity index (χ4v) is 4.03. The van der Waals surface area contributed by atoms with Gasteiger partial charge in [0.05, 0.1) is 7.11 Å². The van der Waals surface area contributed by atoms with Crippen LogP contribution >= 0.6 is 23.2 Å². The Bertz CT molecular complexity index is 1000. The molecule has 1 aromatic heterocycles. The number of halogens is 2. The van der Waals surface area contributed by atoms with Crippen molar-refractivity contribution in [1.29, 1.82) is 0 Å². The first-order valence-electron chi connectivity index (χ1n) is 8.88. The number of fused-ring (bicyclic) bond motifs is 1.